The van der Waals surface area contributed by atoms with Crippen molar-refractivity contribution in [2.75, 3.05) is 0 Å². The maximum atomic E-state index is 12.3. The summed E-state index contributed by atoms with van der Waals surface area (Å²) in [5.74, 6) is -2.26. The highest BCUT2D eigenvalue weighted by molar-refractivity contribution is 6.18. The van der Waals surface area contributed by atoms with Crippen LogP contribution < -0.4 is 10.6 Å². The lowest BCUT2D eigenvalue weighted by atomic mass is 9.89. The molecule has 12 heteroatoms. The number of nitrogens with one attached hydrogen (secondary N) is 2. The van der Waals surface area contributed by atoms with E-state index in [9.17, 15) is 24.3 Å². The van der Waals surface area contributed by atoms with Gasteiger partial charge in [0.15, 0.2) is 11.7 Å². The Morgan fingerprint density at radius 2 is 1.29 bits per heavy atom. The number of carbonyl (C=O) groups is 4. The first-order chi connectivity index (χ1) is 19.7. The van der Waals surface area contributed by atoms with Crippen LogP contribution in [-0.4, -0.2) is 66.7 Å². The van der Waals surface area contributed by atoms with E-state index in [2.05, 4.69) is 30.6 Å². The standard InChI is InChI=1S/C17H17N3O3.C13H15N3O3/c1-9(2)17(3)16(23)19-14(20-17)13-11(15(21)22)8-10-6-4-5-7-12(10)18-13;1-7(2)13(3)12(19)15-10(16-13)9-8(11(17)18)5-4-6-14-9/h4-9H,1-3H3,(H,21,22)(H,19,20,23);4-7H,1-3H3,(H,17,18)(H,15,16,19). The second-order valence-corrected chi connectivity index (χ2v) is 11.0. The number of para-hydroxylation sites is 1. The van der Waals surface area contributed by atoms with E-state index < -0.39 is 23.0 Å². The van der Waals surface area contributed by atoms with Gasteiger partial charge in [-0.05, 0) is 49.9 Å². The first-order valence-electron chi connectivity index (χ1n) is 13.3. The summed E-state index contributed by atoms with van der Waals surface area (Å²) in [5.41, 5.74) is -0.726. The third-order valence-electron chi connectivity index (χ3n) is 7.76. The number of aromatic nitrogens is 2. The molecule has 2 aliphatic heterocycles. The Bertz CT molecular complexity index is 1680. The van der Waals surface area contributed by atoms with E-state index in [4.69, 9.17) is 5.11 Å². The highest BCUT2D eigenvalue weighted by atomic mass is 16.4. The van der Waals surface area contributed by atoms with E-state index in [-0.39, 0.29) is 57.8 Å². The molecule has 1 aromatic carbocycles. The number of carboxylic acid groups (broad SMARTS) is 2. The predicted octanol–water partition coefficient (Wildman–Crippen LogP) is 3.30. The molecule has 2 unspecified atom stereocenters. The third-order valence-corrected chi connectivity index (χ3v) is 7.76. The van der Waals surface area contributed by atoms with Crippen LogP contribution in [0.15, 0.2) is 58.6 Å². The van der Waals surface area contributed by atoms with Crippen molar-refractivity contribution < 1.29 is 29.4 Å². The molecule has 4 heterocycles. The topological polar surface area (TPSA) is 183 Å². The molecule has 42 heavy (non-hydrogen) atoms. The molecule has 2 atom stereocenters. The van der Waals surface area contributed by atoms with Gasteiger partial charge in [-0.1, -0.05) is 45.9 Å². The van der Waals surface area contributed by atoms with Gasteiger partial charge >= 0.3 is 11.9 Å². The number of fused-ring (bicyclic) bond motifs is 1. The normalized spacial score (nSPS) is 21.4. The molecule has 0 fully saturated rings. The Kier molecular flexibility index (Phi) is 7.93. The van der Waals surface area contributed by atoms with E-state index in [0.717, 1.165) is 5.39 Å². The summed E-state index contributed by atoms with van der Waals surface area (Å²) in [5, 5.41) is 24.6. The molecule has 0 aliphatic carbocycles. The molecule has 2 aromatic heterocycles. The van der Waals surface area contributed by atoms with Crippen molar-refractivity contribution >= 4 is 46.3 Å². The summed E-state index contributed by atoms with van der Waals surface area (Å²) in [7, 11) is 0. The molecule has 2 amide bonds. The van der Waals surface area contributed by atoms with Gasteiger partial charge in [0.1, 0.15) is 22.5 Å². The lowest BCUT2D eigenvalue weighted by molar-refractivity contribution is -0.125. The van der Waals surface area contributed by atoms with Gasteiger partial charge in [0.2, 0.25) is 0 Å². The lowest BCUT2D eigenvalue weighted by Gasteiger charge is -2.21. The van der Waals surface area contributed by atoms with Crippen molar-refractivity contribution in [3.8, 4) is 0 Å². The largest absolute Gasteiger partial charge is 0.478 e. The molecule has 218 valence electrons. The van der Waals surface area contributed by atoms with Crippen LogP contribution in [0.4, 0.5) is 0 Å². The number of aliphatic imine (C=N–C) groups is 2. The van der Waals surface area contributed by atoms with Crippen LogP contribution >= 0.6 is 0 Å². The van der Waals surface area contributed by atoms with Gasteiger partial charge < -0.3 is 20.8 Å². The number of pyridine rings is 2. The predicted molar refractivity (Wildman–Crippen MR) is 156 cm³/mol. The van der Waals surface area contributed by atoms with Crippen LogP contribution in [0, 0.1) is 11.8 Å². The molecule has 12 nitrogen and oxygen atoms in total. The summed E-state index contributed by atoms with van der Waals surface area (Å²) in [6.07, 6.45) is 1.47. The van der Waals surface area contributed by atoms with Gasteiger partial charge in [-0.25, -0.2) is 24.6 Å². The Balaban J connectivity index is 0.000000197. The summed E-state index contributed by atoms with van der Waals surface area (Å²) < 4.78 is 0. The van der Waals surface area contributed by atoms with E-state index in [1.165, 1.54) is 18.3 Å². The minimum absolute atomic E-state index is 0.00184. The summed E-state index contributed by atoms with van der Waals surface area (Å²) in [6.45, 7) is 11.0. The lowest BCUT2D eigenvalue weighted by Crippen LogP contribution is -2.41. The molecular formula is C30H32N6O6. The first-order valence-corrected chi connectivity index (χ1v) is 13.3. The Labute approximate surface area is 242 Å². The van der Waals surface area contributed by atoms with Crippen LogP contribution in [0.1, 0.15) is 73.6 Å². The Hall–Kier alpha value is -5.00. The highest BCUT2D eigenvalue weighted by Gasteiger charge is 2.44. The SMILES string of the molecule is CC(C)C1(C)N=C(c2nc3ccccc3cc2C(=O)O)NC1=O.CC(C)C1(C)N=C(c2ncccc2C(=O)O)NC1=O. The summed E-state index contributed by atoms with van der Waals surface area (Å²) in [4.78, 5) is 64.2. The van der Waals surface area contributed by atoms with Crippen molar-refractivity contribution in [1.29, 1.82) is 0 Å². The van der Waals surface area contributed by atoms with Crippen LogP contribution in [0.25, 0.3) is 10.9 Å². The fourth-order valence-corrected chi connectivity index (χ4v) is 4.32. The average molecular weight is 573 g/mol. The number of hydrogen-bond donors (Lipinski definition) is 4. The first kappa shape index (κ1) is 30.0. The van der Waals surface area contributed by atoms with Crippen molar-refractivity contribution in [1.82, 2.24) is 20.6 Å². The molecule has 2 aliphatic rings. The second-order valence-electron chi connectivity index (χ2n) is 11.0. The minimum Gasteiger partial charge on any atom is -0.478 e. The minimum atomic E-state index is -1.10. The number of benzene rings is 1. The van der Waals surface area contributed by atoms with Crippen LogP contribution in [0.3, 0.4) is 0 Å². The number of hydrogen-bond acceptors (Lipinski definition) is 8. The molecule has 0 bridgehead atoms. The number of amides is 2. The average Bonchev–Trinajstić information content (AvgIpc) is 3.44. The quantitative estimate of drug-likeness (QED) is 0.347. The highest BCUT2D eigenvalue weighted by Crippen LogP contribution is 2.29. The van der Waals surface area contributed by atoms with Gasteiger partial charge in [0, 0.05) is 11.6 Å². The van der Waals surface area contributed by atoms with Gasteiger partial charge in [-0.3, -0.25) is 14.6 Å². The molecule has 4 N–H and O–H groups in total. The molecule has 3 aromatic rings. The Morgan fingerprint density at radius 3 is 1.79 bits per heavy atom. The van der Waals surface area contributed by atoms with E-state index >= 15 is 0 Å². The van der Waals surface area contributed by atoms with Crippen molar-refractivity contribution in [2.45, 2.75) is 52.6 Å². The fourth-order valence-electron chi connectivity index (χ4n) is 4.32. The zero-order valence-electron chi connectivity index (χ0n) is 24.1. The molecular weight excluding hydrogens is 540 g/mol. The Morgan fingerprint density at radius 1 is 0.762 bits per heavy atom. The van der Waals surface area contributed by atoms with Crippen LogP contribution in [-0.2, 0) is 9.59 Å². The number of rotatable bonds is 6. The van der Waals surface area contributed by atoms with Crippen LogP contribution in [0.5, 0.6) is 0 Å². The van der Waals surface area contributed by atoms with Crippen molar-refractivity contribution in [3.05, 3.63) is 71.2 Å². The molecule has 0 saturated heterocycles. The number of carboxylic acids is 2. The smallest absolute Gasteiger partial charge is 0.338 e. The second kappa shape index (κ2) is 11.1. The molecule has 0 spiro atoms. The summed E-state index contributed by atoms with van der Waals surface area (Å²) in [6, 6.07) is 11.8. The van der Waals surface area contributed by atoms with Gasteiger partial charge in [0.05, 0.1) is 16.6 Å². The van der Waals surface area contributed by atoms with E-state index in [0.29, 0.717) is 5.52 Å². The number of nitrogens with zero attached hydrogens (tertiary/aromatic N) is 4. The number of amidine groups is 2. The van der Waals surface area contributed by atoms with Gasteiger partial charge in [-0.2, -0.15) is 0 Å². The maximum absolute atomic E-state index is 12.3. The monoisotopic (exact) mass is 572 g/mol. The zero-order chi connectivity index (χ0) is 31.0. The molecule has 0 saturated carbocycles. The van der Waals surface area contributed by atoms with E-state index in [1.807, 2.05) is 39.8 Å². The number of carbonyl (C=O) groups excluding carboxylic acids is 2. The number of aromatic carboxylic acids is 2. The van der Waals surface area contributed by atoms with Gasteiger partial charge in [0.25, 0.3) is 11.8 Å². The molecule has 5 rings (SSSR count). The van der Waals surface area contributed by atoms with Crippen molar-refractivity contribution in [3.63, 3.8) is 0 Å². The summed E-state index contributed by atoms with van der Waals surface area (Å²) >= 11 is 0. The molecule has 0 radical (unpaired) electrons. The van der Waals surface area contributed by atoms with E-state index in [1.54, 1.807) is 32.0 Å². The van der Waals surface area contributed by atoms with Gasteiger partial charge in [-0.15, -0.1) is 0 Å². The maximum Gasteiger partial charge on any atom is 0.338 e. The van der Waals surface area contributed by atoms with Crippen LogP contribution in [0.2, 0.25) is 0 Å². The third kappa shape index (κ3) is 5.35. The zero-order valence-corrected chi connectivity index (χ0v) is 24.1. The fraction of sp³-hybridized carbons (Fsp3) is 0.333. The van der Waals surface area contributed by atoms with Crippen molar-refractivity contribution in [2.24, 2.45) is 21.8 Å².